The van der Waals surface area contributed by atoms with E-state index in [4.69, 9.17) is 0 Å². The summed E-state index contributed by atoms with van der Waals surface area (Å²) in [4.78, 5) is 11.9. The maximum Gasteiger partial charge on any atom is 0.279 e. The van der Waals surface area contributed by atoms with Gasteiger partial charge >= 0.3 is 0 Å². The number of nitrogens with two attached hydrogens (primary N) is 1. The van der Waals surface area contributed by atoms with Gasteiger partial charge in [-0.1, -0.05) is 22.0 Å². The first-order valence-electron chi connectivity index (χ1n) is 6.79. The zero-order valence-electron chi connectivity index (χ0n) is 11.9. The summed E-state index contributed by atoms with van der Waals surface area (Å²) in [6.45, 7) is 1.91. The summed E-state index contributed by atoms with van der Waals surface area (Å²) in [5, 5.41) is 4.46. The second-order valence-electron chi connectivity index (χ2n) is 4.95. The number of nitrogens with one attached hydrogen (secondary N) is 1. The van der Waals surface area contributed by atoms with E-state index in [1.807, 2.05) is 12.1 Å². The van der Waals surface area contributed by atoms with Crippen molar-refractivity contribution < 1.29 is 18.9 Å². The molecule has 0 saturated heterocycles. The predicted molar refractivity (Wildman–Crippen MR) is 84.3 cm³/mol. The lowest BCUT2D eigenvalue weighted by Crippen LogP contribution is -2.86. The van der Waals surface area contributed by atoms with Gasteiger partial charge in [0.25, 0.3) is 5.91 Å². The molecule has 0 heterocycles. The minimum absolute atomic E-state index is 0.143. The minimum atomic E-state index is -0.610. The van der Waals surface area contributed by atoms with Crippen LogP contribution in [0.4, 0.5) is 14.5 Å². The number of amides is 1. The van der Waals surface area contributed by atoms with Gasteiger partial charge in [-0.2, -0.15) is 0 Å². The van der Waals surface area contributed by atoms with Crippen LogP contribution < -0.4 is 10.6 Å². The normalized spacial score (nSPS) is 12.0. The Kier molecular flexibility index (Phi) is 5.63. The van der Waals surface area contributed by atoms with Gasteiger partial charge in [0, 0.05) is 21.8 Å². The molecule has 116 valence electrons. The van der Waals surface area contributed by atoms with Gasteiger partial charge in [0.1, 0.15) is 17.7 Å². The third-order valence-electron chi connectivity index (χ3n) is 3.22. The van der Waals surface area contributed by atoms with Crippen LogP contribution in [0.2, 0.25) is 0 Å². The van der Waals surface area contributed by atoms with Crippen LogP contribution in [-0.4, -0.2) is 12.5 Å². The molecule has 0 aliphatic heterocycles. The number of halogens is 3. The van der Waals surface area contributed by atoms with Crippen LogP contribution in [-0.2, 0) is 4.79 Å². The van der Waals surface area contributed by atoms with Crippen molar-refractivity contribution in [3.05, 3.63) is 64.1 Å². The van der Waals surface area contributed by atoms with Crippen molar-refractivity contribution in [2.75, 3.05) is 11.9 Å². The van der Waals surface area contributed by atoms with Crippen molar-refractivity contribution in [3.8, 4) is 0 Å². The first-order valence-corrected chi connectivity index (χ1v) is 7.58. The molecular weight excluding hydrogens is 354 g/mol. The summed E-state index contributed by atoms with van der Waals surface area (Å²) in [7, 11) is 0. The molecule has 2 aromatic rings. The summed E-state index contributed by atoms with van der Waals surface area (Å²) in [5.41, 5.74) is 1.06. The fourth-order valence-corrected chi connectivity index (χ4v) is 2.46. The Hall–Kier alpha value is -1.79. The Balaban J connectivity index is 1.90. The summed E-state index contributed by atoms with van der Waals surface area (Å²) >= 11 is 3.33. The molecule has 0 fully saturated rings. The Morgan fingerprint density at radius 1 is 1.27 bits per heavy atom. The molecule has 22 heavy (non-hydrogen) atoms. The number of carbonyl (C=O) groups is 1. The summed E-state index contributed by atoms with van der Waals surface area (Å²) in [6.07, 6.45) is 0. The van der Waals surface area contributed by atoms with E-state index >= 15 is 0 Å². The highest BCUT2D eigenvalue weighted by atomic mass is 79.9. The highest BCUT2D eigenvalue weighted by molar-refractivity contribution is 9.10. The van der Waals surface area contributed by atoms with E-state index in [-0.39, 0.29) is 18.5 Å². The highest BCUT2D eigenvalue weighted by Crippen LogP contribution is 2.16. The van der Waals surface area contributed by atoms with Crippen LogP contribution >= 0.6 is 15.9 Å². The Morgan fingerprint density at radius 2 is 2.05 bits per heavy atom. The highest BCUT2D eigenvalue weighted by Gasteiger charge is 2.16. The van der Waals surface area contributed by atoms with Gasteiger partial charge in [0.05, 0.1) is 0 Å². The van der Waals surface area contributed by atoms with Gasteiger partial charge in [0.2, 0.25) is 0 Å². The van der Waals surface area contributed by atoms with Gasteiger partial charge in [-0.05, 0) is 37.3 Å². The Labute approximate surface area is 135 Å². The Bertz CT molecular complexity index is 679. The van der Waals surface area contributed by atoms with Crippen molar-refractivity contribution in [1.29, 1.82) is 0 Å². The molecular formula is C16H16BrF2N2O+. The molecule has 0 radical (unpaired) electrons. The molecule has 6 heteroatoms. The summed E-state index contributed by atoms with van der Waals surface area (Å²) in [5.74, 6) is -1.40. The molecule has 0 aliphatic rings. The monoisotopic (exact) mass is 369 g/mol. The average molecular weight is 370 g/mol. The number of benzene rings is 2. The molecule has 0 unspecified atom stereocenters. The van der Waals surface area contributed by atoms with Crippen LogP contribution in [0.5, 0.6) is 0 Å². The van der Waals surface area contributed by atoms with Crippen LogP contribution in [0.1, 0.15) is 18.5 Å². The number of quaternary nitrogens is 1. The fourth-order valence-electron chi connectivity index (χ4n) is 2.06. The predicted octanol–water partition coefficient (Wildman–Crippen LogP) is 2.99. The van der Waals surface area contributed by atoms with E-state index in [0.29, 0.717) is 11.3 Å². The number of hydrogen-bond donors (Lipinski definition) is 2. The van der Waals surface area contributed by atoms with Crippen molar-refractivity contribution in [3.63, 3.8) is 0 Å². The zero-order valence-corrected chi connectivity index (χ0v) is 13.5. The van der Waals surface area contributed by atoms with E-state index < -0.39 is 11.6 Å². The number of rotatable bonds is 5. The lowest BCUT2D eigenvalue weighted by atomic mass is 10.1. The molecule has 0 bridgehead atoms. The SMILES string of the molecule is C[C@@H]([NH2+]CC(=O)Nc1cccc(Br)c1)c1ccc(F)cc1F. The van der Waals surface area contributed by atoms with Gasteiger partial charge in [-0.15, -0.1) is 0 Å². The minimum Gasteiger partial charge on any atom is -0.332 e. The average Bonchev–Trinajstić information content (AvgIpc) is 2.45. The largest absolute Gasteiger partial charge is 0.332 e. The lowest BCUT2D eigenvalue weighted by molar-refractivity contribution is -0.682. The molecule has 0 aliphatic carbocycles. The number of carbonyl (C=O) groups excluding carboxylic acids is 1. The van der Waals surface area contributed by atoms with E-state index in [1.54, 1.807) is 24.4 Å². The van der Waals surface area contributed by atoms with E-state index in [2.05, 4.69) is 21.2 Å². The smallest absolute Gasteiger partial charge is 0.279 e. The quantitative estimate of drug-likeness (QED) is 0.835. The lowest BCUT2D eigenvalue weighted by Gasteiger charge is -2.12. The van der Waals surface area contributed by atoms with Gasteiger partial charge < -0.3 is 10.6 Å². The van der Waals surface area contributed by atoms with Crippen LogP contribution in [0.3, 0.4) is 0 Å². The standard InChI is InChI=1S/C16H15BrF2N2O/c1-10(14-6-5-12(18)8-15(14)19)20-9-16(22)21-13-4-2-3-11(17)7-13/h2-8,10,20H,9H2,1H3,(H,21,22)/p+1/t10-/m1/s1. The van der Waals surface area contributed by atoms with Crippen molar-refractivity contribution in [1.82, 2.24) is 0 Å². The molecule has 1 amide bonds. The van der Waals surface area contributed by atoms with Crippen LogP contribution in [0.15, 0.2) is 46.9 Å². The number of anilines is 1. The topological polar surface area (TPSA) is 45.7 Å². The fraction of sp³-hybridized carbons (Fsp3) is 0.188. The number of hydrogen-bond acceptors (Lipinski definition) is 1. The van der Waals surface area contributed by atoms with Crippen molar-refractivity contribution in [2.24, 2.45) is 0 Å². The maximum atomic E-state index is 13.7. The van der Waals surface area contributed by atoms with E-state index in [0.717, 1.165) is 10.5 Å². The molecule has 0 spiro atoms. The van der Waals surface area contributed by atoms with Gasteiger partial charge in [-0.25, -0.2) is 8.78 Å². The first-order chi connectivity index (χ1) is 10.5. The molecule has 0 saturated carbocycles. The molecule has 0 aromatic heterocycles. The molecule has 1 atom stereocenters. The first kappa shape index (κ1) is 16.6. The second kappa shape index (κ2) is 7.47. The van der Waals surface area contributed by atoms with Gasteiger partial charge in [0.15, 0.2) is 6.54 Å². The maximum absolute atomic E-state index is 13.7. The third-order valence-corrected chi connectivity index (χ3v) is 3.71. The van der Waals surface area contributed by atoms with E-state index in [9.17, 15) is 13.6 Å². The van der Waals surface area contributed by atoms with Crippen molar-refractivity contribution in [2.45, 2.75) is 13.0 Å². The molecule has 3 nitrogen and oxygen atoms in total. The summed E-state index contributed by atoms with van der Waals surface area (Å²) < 4.78 is 27.4. The molecule has 2 rings (SSSR count). The molecule has 2 aromatic carbocycles. The molecule has 3 N–H and O–H groups in total. The van der Waals surface area contributed by atoms with E-state index in [1.165, 1.54) is 12.1 Å². The Morgan fingerprint density at radius 3 is 2.73 bits per heavy atom. The van der Waals surface area contributed by atoms with Crippen LogP contribution in [0, 0.1) is 11.6 Å². The zero-order chi connectivity index (χ0) is 16.1. The van der Waals surface area contributed by atoms with Crippen molar-refractivity contribution >= 4 is 27.5 Å². The van der Waals surface area contributed by atoms with Crippen LogP contribution in [0.25, 0.3) is 0 Å². The third kappa shape index (κ3) is 4.61. The second-order valence-corrected chi connectivity index (χ2v) is 5.87. The summed E-state index contributed by atoms with van der Waals surface area (Å²) in [6, 6.07) is 10.4. The van der Waals surface area contributed by atoms with Gasteiger partial charge in [-0.3, -0.25) is 4.79 Å².